The lowest BCUT2D eigenvalue weighted by Crippen LogP contribution is -2.40. The number of fused-ring (bicyclic) bond motifs is 1. The van der Waals surface area contributed by atoms with Gasteiger partial charge in [-0.15, -0.1) is 0 Å². The number of benzene rings is 1. The van der Waals surface area contributed by atoms with E-state index >= 15 is 0 Å². The van der Waals surface area contributed by atoms with E-state index in [1.807, 2.05) is 0 Å². The molecule has 1 aromatic carbocycles. The first-order valence-electron chi connectivity index (χ1n) is 5.41. The topological polar surface area (TPSA) is 24.9 Å². The molecule has 1 N–H and O–H groups in total. The van der Waals surface area contributed by atoms with Gasteiger partial charge in [0, 0.05) is 30.1 Å². The predicted octanol–water partition coefficient (Wildman–Crippen LogP) is 2.23. The minimum atomic E-state index is 0.677. The molecule has 1 aromatic heterocycles. The fourth-order valence-corrected chi connectivity index (χ4v) is 2.19. The Balaban J connectivity index is 2.25. The Hall–Kier alpha value is -1.41. The molecule has 15 heavy (non-hydrogen) atoms. The molecule has 76 valence electrons. The summed E-state index contributed by atoms with van der Waals surface area (Å²) in [5.41, 5.74) is 3.70. The van der Waals surface area contributed by atoms with Gasteiger partial charge < -0.3 is 5.32 Å². The molecule has 0 atom stereocenters. The summed E-state index contributed by atoms with van der Waals surface area (Å²) in [4.78, 5) is 4.56. The number of aromatic nitrogens is 1. The standard InChI is InChI=1S/C13H14N2/c1-9-6-12(10-7-14-8-10)11-4-2-3-5-13(11)15-9/h2-6,10,14H,7-8H2,1H3. The van der Waals surface area contributed by atoms with Crippen LogP contribution in [0.4, 0.5) is 0 Å². The maximum atomic E-state index is 4.56. The fraction of sp³-hybridized carbons (Fsp3) is 0.308. The summed E-state index contributed by atoms with van der Waals surface area (Å²) in [5.74, 6) is 0.677. The lowest BCUT2D eigenvalue weighted by molar-refractivity contribution is 0.450. The average Bonchev–Trinajstić information content (AvgIpc) is 2.14. The second-order valence-corrected chi connectivity index (χ2v) is 4.23. The van der Waals surface area contributed by atoms with Gasteiger partial charge in [0.2, 0.25) is 0 Å². The summed E-state index contributed by atoms with van der Waals surface area (Å²) in [6.07, 6.45) is 0. The number of hydrogen-bond acceptors (Lipinski definition) is 2. The highest BCUT2D eigenvalue weighted by Crippen LogP contribution is 2.27. The Morgan fingerprint density at radius 2 is 2.07 bits per heavy atom. The third kappa shape index (κ3) is 1.41. The predicted molar refractivity (Wildman–Crippen MR) is 62.1 cm³/mol. The molecule has 1 fully saturated rings. The number of hydrogen-bond donors (Lipinski definition) is 1. The second-order valence-electron chi connectivity index (χ2n) is 4.23. The highest BCUT2D eigenvalue weighted by atomic mass is 14.9. The molecule has 2 heterocycles. The SMILES string of the molecule is Cc1cc(C2CNC2)c2ccccc2n1. The maximum Gasteiger partial charge on any atom is 0.0708 e. The van der Waals surface area contributed by atoms with Crippen LogP contribution in [0, 0.1) is 6.92 Å². The van der Waals surface area contributed by atoms with Gasteiger partial charge in [-0.05, 0) is 24.6 Å². The van der Waals surface area contributed by atoms with Crippen LogP contribution in [0.5, 0.6) is 0 Å². The molecule has 0 bridgehead atoms. The van der Waals surface area contributed by atoms with E-state index in [-0.39, 0.29) is 0 Å². The zero-order valence-corrected chi connectivity index (χ0v) is 8.83. The van der Waals surface area contributed by atoms with Crippen LogP contribution in [0.1, 0.15) is 17.2 Å². The third-order valence-corrected chi connectivity index (χ3v) is 3.10. The van der Waals surface area contributed by atoms with Crippen molar-refractivity contribution in [3.63, 3.8) is 0 Å². The molecule has 0 spiro atoms. The Morgan fingerprint density at radius 3 is 2.80 bits per heavy atom. The average molecular weight is 198 g/mol. The minimum absolute atomic E-state index is 0.677. The smallest absolute Gasteiger partial charge is 0.0708 e. The number of nitrogens with zero attached hydrogens (tertiary/aromatic N) is 1. The first-order chi connectivity index (χ1) is 7.34. The van der Waals surface area contributed by atoms with E-state index in [0.29, 0.717) is 5.92 Å². The number of para-hydroxylation sites is 1. The van der Waals surface area contributed by atoms with Crippen molar-refractivity contribution >= 4 is 10.9 Å². The van der Waals surface area contributed by atoms with Gasteiger partial charge in [0.25, 0.3) is 0 Å². The summed E-state index contributed by atoms with van der Waals surface area (Å²) in [6, 6.07) is 10.6. The normalized spacial score (nSPS) is 16.6. The van der Waals surface area contributed by atoms with Crippen LogP contribution in [-0.2, 0) is 0 Å². The molecular weight excluding hydrogens is 184 g/mol. The maximum absolute atomic E-state index is 4.56. The van der Waals surface area contributed by atoms with E-state index < -0.39 is 0 Å². The van der Waals surface area contributed by atoms with E-state index in [1.165, 1.54) is 10.9 Å². The van der Waals surface area contributed by atoms with Gasteiger partial charge in [-0.3, -0.25) is 4.98 Å². The zero-order chi connectivity index (χ0) is 10.3. The number of nitrogens with one attached hydrogen (secondary N) is 1. The lowest BCUT2D eigenvalue weighted by Gasteiger charge is -2.28. The van der Waals surface area contributed by atoms with Crippen molar-refractivity contribution in [3.8, 4) is 0 Å². The van der Waals surface area contributed by atoms with Crippen molar-refractivity contribution in [2.75, 3.05) is 13.1 Å². The molecule has 0 radical (unpaired) electrons. The lowest BCUT2D eigenvalue weighted by atomic mass is 9.90. The van der Waals surface area contributed by atoms with Crippen LogP contribution in [-0.4, -0.2) is 18.1 Å². The molecule has 1 aliphatic rings. The number of pyridine rings is 1. The van der Waals surface area contributed by atoms with E-state index in [4.69, 9.17) is 0 Å². The molecule has 1 saturated heterocycles. The van der Waals surface area contributed by atoms with Crippen molar-refractivity contribution in [1.29, 1.82) is 0 Å². The summed E-state index contributed by atoms with van der Waals surface area (Å²) in [5, 5.41) is 4.64. The Bertz CT molecular complexity index is 501. The molecule has 0 aliphatic carbocycles. The van der Waals surface area contributed by atoms with E-state index in [1.54, 1.807) is 0 Å². The van der Waals surface area contributed by atoms with Crippen molar-refractivity contribution in [3.05, 3.63) is 41.6 Å². The second kappa shape index (κ2) is 3.31. The van der Waals surface area contributed by atoms with E-state index in [2.05, 4.69) is 47.6 Å². The molecule has 2 heteroatoms. The highest BCUT2D eigenvalue weighted by Gasteiger charge is 2.21. The van der Waals surface area contributed by atoms with Crippen LogP contribution in [0.15, 0.2) is 30.3 Å². The van der Waals surface area contributed by atoms with Crippen LogP contribution >= 0.6 is 0 Å². The van der Waals surface area contributed by atoms with Gasteiger partial charge in [-0.25, -0.2) is 0 Å². The van der Waals surface area contributed by atoms with Crippen LogP contribution < -0.4 is 5.32 Å². The van der Waals surface area contributed by atoms with Crippen molar-refractivity contribution in [1.82, 2.24) is 10.3 Å². The van der Waals surface area contributed by atoms with Gasteiger partial charge in [0.05, 0.1) is 5.52 Å². The Kier molecular flexibility index (Phi) is 1.96. The molecular formula is C13H14N2. The molecule has 2 aromatic rings. The largest absolute Gasteiger partial charge is 0.315 e. The van der Waals surface area contributed by atoms with Crippen LogP contribution in [0.2, 0.25) is 0 Å². The summed E-state index contributed by atoms with van der Waals surface area (Å²) in [6.45, 7) is 4.28. The molecule has 2 nitrogen and oxygen atoms in total. The first kappa shape index (κ1) is 8.86. The Labute approximate surface area is 89.3 Å². The first-order valence-corrected chi connectivity index (χ1v) is 5.41. The van der Waals surface area contributed by atoms with Crippen LogP contribution in [0.25, 0.3) is 10.9 Å². The molecule has 3 rings (SSSR count). The van der Waals surface area contributed by atoms with E-state index in [9.17, 15) is 0 Å². The molecule has 0 unspecified atom stereocenters. The minimum Gasteiger partial charge on any atom is -0.315 e. The monoisotopic (exact) mass is 198 g/mol. The molecule has 0 saturated carbocycles. The molecule has 1 aliphatic heterocycles. The van der Waals surface area contributed by atoms with Crippen molar-refractivity contribution < 1.29 is 0 Å². The fourth-order valence-electron chi connectivity index (χ4n) is 2.19. The van der Waals surface area contributed by atoms with Gasteiger partial charge in [0.15, 0.2) is 0 Å². The van der Waals surface area contributed by atoms with Gasteiger partial charge in [0.1, 0.15) is 0 Å². The van der Waals surface area contributed by atoms with Gasteiger partial charge in [-0.1, -0.05) is 18.2 Å². The summed E-state index contributed by atoms with van der Waals surface area (Å²) < 4.78 is 0. The zero-order valence-electron chi connectivity index (χ0n) is 8.83. The number of rotatable bonds is 1. The van der Waals surface area contributed by atoms with E-state index in [0.717, 1.165) is 24.3 Å². The summed E-state index contributed by atoms with van der Waals surface area (Å²) >= 11 is 0. The third-order valence-electron chi connectivity index (χ3n) is 3.10. The molecule has 0 amide bonds. The highest BCUT2D eigenvalue weighted by molar-refractivity contribution is 5.83. The quantitative estimate of drug-likeness (QED) is 0.760. The number of aryl methyl sites for hydroxylation is 1. The van der Waals surface area contributed by atoms with Gasteiger partial charge in [-0.2, -0.15) is 0 Å². The van der Waals surface area contributed by atoms with Crippen molar-refractivity contribution in [2.45, 2.75) is 12.8 Å². The Morgan fingerprint density at radius 1 is 1.27 bits per heavy atom. The van der Waals surface area contributed by atoms with Crippen LogP contribution in [0.3, 0.4) is 0 Å². The summed E-state index contributed by atoms with van der Waals surface area (Å²) in [7, 11) is 0. The van der Waals surface area contributed by atoms with Crippen molar-refractivity contribution in [2.24, 2.45) is 0 Å². The van der Waals surface area contributed by atoms with Gasteiger partial charge >= 0.3 is 0 Å².